The zero-order chi connectivity index (χ0) is 19.3. The average molecular weight is 356 g/mol. The molecule has 0 unspecified atom stereocenters. The zero-order valence-corrected chi connectivity index (χ0v) is 15.0. The molecule has 0 bridgehead atoms. The quantitative estimate of drug-likeness (QED) is 0.768. The Morgan fingerprint density at radius 1 is 0.923 bits per heavy atom. The summed E-state index contributed by atoms with van der Waals surface area (Å²) in [5.41, 5.74) is 3.04. The number of aryl methyl sites for hydroxylation is 2. The minimum Gasteiger partial charge on any atom is -0.326 e. The standard InChI is InChI=1S/C20H21FN2O3/c1-12-4-5-15(10-13(12)2)19(25)8-9-20(26)23-16-6-7-17(21)18(11-16)22-14(3)24/h4-7,10-11H,8-9H2,1-3H3,(H,22,24)(H,23,26). The monoisotopic (exact) mass is 356 g/mol. The van der Waals surface area contributed by atoms with Crippen LogP contribution in [0.5, 0.6) is 0 Å². The summed E-state index contributed by atoms with van der Waals surface area (Å²) in [5, 5.41) is 4.95. The number of hydrogen-bond donors (Lipinski definition) is 2. The number of hydrogen-bond acceptors (Lipinski definition) is 3. The van der Waals surface area contributed by atoms with E-state index in [0.717, 1.165) is 17.2 Å². The van der Waals surface area contributed by atoms with Gasteiger partial charge in [-0.3, -0.25) is 14.4 Å². The second kappa shape index (κ2) is 8.38. The summed E-state index contributed by atoms with van der Waals surface area (Å²) in [4.78, 5) is 35.3. The van der Waals surface area contributed by atoms with Crippen molar-refractivity contribution in [3.63, 3.8) is 0 Å². The van der Waals surface area contributed by atoms with E-state index in [4.69, 9.17) is 0 Å². The lowest BCUT2D eigenvalue weighted by molar-refractivity contribution is -0.116. The summed E-state index contributed by atoms with van der Waals surface area (Å²) in [6.07, 6.45) is 0.0900. The maximum absolute atomic E-state index is 13.6. The molecule has 0 aliphatic heterocycles. The summed E-state index contributed by atoms with van der Waals surface area (Å²) < 4.78 is 13.6. The minimum atomic E-state index is -0.594. The first kappa shape index (κ1) is 19.3. The van der Waals surface area contributed by atoms with Gasteiger partial charge in [0, 0.05) is 31.0 Å². The lowest BCUT2D eigenvalue weighted by atomic mass is 10.0. The summed E-state index contributed by atoms with van der Waals surface area (Å²) in [6, 6.07) is 9.33. The molecule has 26 heavy (non-hydrogen) atoms. The number of anilines is 2. The van der Waals surface area contributed by atoms with Gasteiger partial charge < -0.3 is 10.6 Å². The van der Waals surface area contributed by atoms with Crippen LogP contribution < -0.4 is 10.6 Å². The Balaban J connectivity index is 1.95. The van der Waals surface area contributed by atoms with Crippen LogP contribution in [0, 0.1) is 19.7 Å². The van der Waals surface area contributed by atoms with Gasteiger partial charge in [0.15, 0.2) is 5.78 Å². The molecule has 0 fully saturated rings. The molecule has 0 aromatic heterocycles. The molecule has 0 saturated carbocycles. The van der Waals surface area contributed by atoms with Gasteiger partial charge in [-0.2, -0.15) is 0 Å². The van der Waals surface area contributed by atoms with Gasteiger partial charge in [-0.05, 0) is 49.2 Å². The number of amides is 2. The molecule has 2 rings (SSSR count). The first-order chi connectivity index (χ1) is 12.3. The minimum absolute atomic E-state index is 0.0125. The smallest absolute Gasteiger partial charge is 0.224 e. The van der Waals surface area contributed by atoms with Crippen LogP contribution in [-0.2, 0) is 9.59 Å². The van der Waals surface area contributed by atoms with E-state index in [2.05, 4.69) is 10.6 Å². The van der Waals surface area contributed by atoms with E-state index in [1.807, 2.05) is 26.0 Å². The number of benzene rings is 2. The van der Waals surface area contributed by atoms with Crippen molar-refractivity contribution >= 4 is 29.0 Å². The fraction of sp³-hybridized carbons (Fsp3) is 0.250. The average Bonchev–Trinajstić information content (AvgIpc) is 2.57. The first-order valence-electron chi connectivity index (χ1n) is 8.23. The summed E-state index contributed by atoms with van der Waals surface area (Å²) in [5.74, 6) is -1.47. The third-order valence-corrected chi connectivity index (χ3v) is 3.97. The zero-order valence-electron chi connectivity index (χ0n) is 15.0. The summed E-state index contributed by atoms with van der Waals surface area (Å²) >= 11 is 0. The molecule has 2 N–H and O–H groups in total. The molecule has 0 radical (unpaired) electrons. The Hall–Kier alpha value is -3.02. The van der Waals surface area contributed by atoms with Gasteiger partial charge in [0.2, 0.25) is 11.8 Å². The van der Waals surface area contributed by atoms with E-state index >= 15 is 0 Å². The highest BCUT2D eigenvalue weighted by molar-refractivity contribution is 6.00. The van der Waals surface area contributed by atoms with Crippen LogP contribution in [0.1, 0.15) is 41.3 Å². The molecule has 0 aliphatic carbocycles. The Morgan fingerprint density at radius 2 is 1.65 bits per heavy atom. The summed E-state index contributed by atoms with van der Waals surface area (Å²) in [6.45, 7) is 5.16. The van der Waals surface area contributed by atoms with Gasteiger partial charge in [0.25, 0.3) is 0 Å². The van der Waals surface area contributed by atoms with Crippen LogP contribution in [-0.4, -0.2) is 17.6 Å². The molecule has 2 amide bonds. The van der Waals surface area contributed by atoms with E-state index in [1.54, 1.807) is 6.07 Å². The van der Waals surface area contributed by atoms with Gasteiger partial charge in [-0.1, -0.05) is 12.1 Å². The highest BCUT2D eigenvalue weighted by atomic mass is 19.1. The highest BCUT2D eigenvalue weighted by Crippen LogP contribution is 2.20. The van der Waals surface area contributed by atoms with Crippen LogP contribution in [0.3, 0.4) is 0 Å². The van der Waals surface area contributed by atoms with Crippen LogP contribution in [0.2, 0.25) is 0 Å². The van der Waals surface area contributed by atoms with Gasteiger partial charge >= 0.3 is 0 Å². The summed E-state index contributed by atoms with van der Waals surface area (Å²) in [7, 11) is 0. The van der Waals surface area contributed by atoms with Gasteiger partial charge in [0.1, 0.15) is 5.82 Å². The molecule has 0 atom stereocenters. The van der Waals surface area contributed by atoms with Crippen molar-refractivity contribution in [2.45, 2.75) is 33.6 Å². The molecule has 2 aromatic rings. The van der Waals surface area contributed by atoms with Crippen molar-refractivity contribution < 1.29 is 18.8 Å². The molecule has 5 nitrogen and oxygen atoms in total. The van der Waals surface area contributed by atoms with E-state index in [1.165, 1.54) is 19.1 Å². The Morgan fingerprint density at radius 3 is 2.31 bits per heavy atom. The molecular weight excluding hydrogens is 335 g/mol. The van der Waals surface area contributed by atoms with E-state index in [-0.39, 0.29) is 30.2 Å². The molecule has 6 heteroatoms. The number of nitrogens with one attached hydrogen (secondary N) is 2. The Kier molecular flexibility index (Phi) is 6.22. The lowest BCUT2D eigenvalue weighted by Crippen LogP contribution is -2.14. The topological polar surface area (TPSA) is 75.3 Å². The Bertz CT molecular complexity index is 862. The van der Waals surface area contributed by atoms with Crippen LogP contribution in [0.15, 0.2) is 36.4 Å². The van der Waals surface area contributed by atoms with Gasteiger partial charge in [-0.15, -0.1) is 0 Å². The number of Topliss-reactive ketones (excluding diaryl/α,β-unsaturated/α-hetero) is 1. The van der Waals surface area contributed by atoms with E-state index in [9.17, 15) is 18.8 Å². The largest absolute Gasteiger partial charge is 0.326 e. The van der Waals surface area contributed by atoms with E-state index < -0.39 is 11.7 Å². The van der Waals surface area contributed by atoms with Crippen molar-refractivity contribution in [3.05, 3.63) is 58.9 Å². The third-order valence-electron chi connectivity index (χ3n) is 3.97. The normalized spacial score (nSPS) is 10.3. The molecule has 2 aromatic carbocycles. The fourth-order valence-electron chi connectivity index (χ4n) is 2.40. The second-order valence-electron chi connectivity index (χ2n) is 6.15. The number of ketones is 1. The third kappa shape index (κ3) is 5.24. The molecular formula is C20H21FN2O3. The van der Waals surface area contributed by atoms with Crippen molar-refractivity contribution in [1.29, 1.82) is 0 Å². The SMILES string of the molecule is CC(=O)Nc1cc(NC(=O)CCC(=O)c2ccc(C)c(C)c2)ccc1F. The maximum atomic E-state index is 13.6. The molecule has 0 saturated heterocycles. The predicted octanol–water partition coefficient (Wildman–Crippen LogP) is 4.00. The van der Waals surface area contributed by atoms with Crippen LogP contribution in [0.25, 0.3) is 0 Å². The van der Waals surface area contributed by atoms with Gasteiger partial charge in [0.05, 0.1) is 5.69 Å². The highest BCUT2D eigenvalue weighted by Gasteiger charge is 2.12. The molecule has 0 aliphatic rings. The fourth-order valence-corrected chi connectivity index (χ4v) is 2.40. The van der Waals surface area contributed by atoms with Crippen molar-refractivity contribution in [2.75, 3.05) is 10.6 Å². The number of halogens is 1. The van der Waals surface area contributed by atoms with Crippen molar-refractivity contribution in [1.82, 2.24) is 0 Å². The van der Waals surface area contributed by atoms with Crippen molar-refractivity contribution in [2.24, 2.45) is 0 Å². The second-order valence-corrected chi connectivity index (χ2v) is 6.15. The lowest BCUT2D eigenvalue weighted by Gasteiger charge is -2.09. The number of carbonyl (C=O) groups is 3. The molecule has 136 valence electrons. The maximum Gasteiger partial charge on any atom is 0.224 e. The molecule has 0 heterocycles. The van der Waals surface area contributed by atoms with Crippen LogP contribution >= 0.6 is 0 Å². The first-order valence-corrected chi connectivity index (χ1v) is 8.23. The van der Waals surface area contributed by atoms with Crippen LogP contribution in [0.4, 0.5) is 15.8 Å². The van der Waals surface area contributed by atoms with Gasteiger partial charge in [-0.25, -0.2) is 4.39 Å². The predicted molar refractivity (Wildman–Crippen MR) is 98.8 cm³/mol. The number of rotatable bonds is 6. The molecule has 0 spiro atoms. The van der Waals surface area contributed by atoms with Crippen molar-refractivity contribution in [3.8, 4) is 0 Å². The van der Waals surface area contributed by atoms with E-state index in [0.29, 0.717) is 11.3 Å². The Labute approximate surface area is 151 Å². The number of carbonyl (C=O) groups excluding carboxylic acids is 3.